The van der Waals surface area contributed by atoms with Crippen molar-refractivity contribution in [2.45, 2.75) is 19.3 Å². The van der Waals surface area contributed by atoms with Crippen LogP contribution in [0.5, 0.6) is 0 Å². The van der Waals surface area contributed by atoms with Crippen LogP contribution in [0.3, 0.4) is 0 Å². The van der Waals surface area contributed by atoms with Gasteiger partial charge in [0.05, 0.1) is 0 Å². The zero-order valence-electron chi connectivity index (χ0n) is 9.02. The Hall–Kier alpha value is -1.02. The molecule has 0 aromatic heterocycles. The highest BCUT2D eigenvalue weighted by atomic mass is 16.3. The lowest BCUT2D eigenvalue weighted by Gasteiger charge is -2.13. The summed E-state index contributed by atoms with van der Waals surface area (Å²) in [6.45, 7) is 1.31. The molecule has 1 aromatic carbocycles. The summed E-state index contributed by atoms with van der Waals surface area (Å²) in [7, 11) is 0. The molecule has 1 saturated carbocycles. The molecule has 0 bridgehead atoms. The highest BCUT2D eigenvalue weighted by molar-refractivity contribution is 5.42. The van der Waals surface area contributed by atoms with Gasteiger partial charge in [-0.1, -0.05) is 18.2 Å². The lowest BCUT2D eigenvalue weighted by molar-refractivity contribution is 0.204. The topological polar surface area (TPSA) is 32.3 Å². The van der Waals surface area contributed by atoms with E-state index in [4.69, 9.17) is 0 Å². The van der Waals surface area contributed by atoms with E-state index >= 15 is 0 Å². The largest absolute Gasteiger partial charge is 0.396 e. The minimum Gasteiger partial charge on any atom is -0.396 e. The summed E-state index contributed by atoms with van der Waals surface area (Å²) in [5, 5.41) is 12.6. The fourth-order valence-electron chi connectivity index (χ4n) is 2.00. The first-order chi connectivity index (χ1) is 7.40. The van der Waals surface area contributed by atoms with Gasteiger partial charge in [0.15, 0.2) is 0 Å². The van der Waals surface area contributed by atoms with Gasteiger partial charge in [-0.3, -0.25) is 0 Å². The second-order valence-corrected chi connectivity index (χ2v) is 4.36. The Bertz CT molecular complexity index is 282. The molecule has 1 fully saturated rings. The molecule has 0 saturated heterocycles. The minimum atomic E-state index is 0.348. The summed E-state index contributed by atoms with van der Waals surface area (Å²) in [6.07, 6.45) is 3.71. The number of hydrogen-bond acceptors (Lipinski definition) is 2. The highest BCUT2D eigenvalue weighted by Crippen LogP contribution is 2.38. The van der Waals surface area contributed by atoms with E-state index in [0.717, 1.165) is 18.9 Å². The van der Waals surface area contributed by atoms with Crippen molar-refractivity contribution in [2.24, 2.45) is 11.8 Å². The number of hydrogen-bond donors (Lipinski definition) is 2. The van der Waals surface area contributed by atoms with Crippen LogP contribution in [0, 0.1) is 11.8 Å². The Labute approximate surface area is 91.3 Å². The Morgan fingerprint density at radius 3 is 2.60 bits per heavy atom. The molecule has 1 aliphatic carbocycles. The van der Waals surface area contributed by atoms with E-state index in [1.54, 1.807) is 0 Å². The third-order valence-corrected chi connectivity index (χ3v) is 3.14. The van der Waals surface area contributed by atoms with E-state index in [9.17, 15) is 5.11 Å². The molecular weight excluding hydrogens is 186 g/mol. The monoisotopic (exact) mass is 205 g/mol. The van der Waals surface area contributed by atoms with E-state index in [1.165, 1.54) is 18.5 Å². The van der Waals surface area contributed by atoms with Crippen molar-refractivity contribution in [3.8, 4) is 0 Å². The maximum Gasteiger partial charge on any atom is 0.0462 e. The van der Waals surface area contributed by atoms with E-state index in [1.807, 2.05) is 18.2 Å². The van der Waals surface area contributed by atoms with Crippen molar-refractivity contribution >= 4 is 5.69 Å². The molecule has 2 N–H and O–H groups in total. The smallest absolute Gasteiger partial charge is 0.0462 e. The lowest BCUT2D eigenvalue weighted by atomic mass is 10.0. The predicted octanol–water partition coefficient (Wildman–Crippen LogP) is 2.51. The summed E-state index contributed by atoms with van der Waals surface area (Å²) in [6, 6.07) is 10.2. The Morgan fingerprint density at radius 2 is 2.00 bits per heavy atom. The van der Waals surface area contributed by atoms with Gasteiger partial charge in [-0.15, -0.1) is 0 Å². The van der Waals surface area contributed by atoms with Crippen molar-refractivity contribution in [1.82, 2.24) is 0 Å². The SMILES string of the molecule is OCC(CCNc1ccccc1)C1CC1. The molecule has 0 aliphatic heterocycles. The van der Waals surface area contributed by atoms with Gasteiger partial charge >= 0.3 is 0 Å². The summed E-state index contributed by atoms with van der Waals surface area (Å²) >= 11 is 0. The molecule has 1 aromatic rings. The van der Waals surface area contributed by atoms with Gasteiger partial charge in [-0.2, -0.15) is 0 Å². The van der Waals surface area contributed by atoms with Crippen LogP contribution in [0.2, 0.25) is 0 Å². The van der Waals surface area contributed by atoms with Crippen molar-refractivity contribution in [2.75, 3.05) is 18.5 Å². The zero-order chi connectivity index (χ0) is 10.5. The van der Waals surface area contributed by atoms with E-state index in [-0.39, 0.29) is 0 Å². The molecule has 1 aliphatic rings. The van der Waals surface area contributed by atoms with Gasteiger partial charge in [0.2, 0.25) is 0 Å². The van der Waals surface area contributed by atoms with Crippen LogP contribution in [0.25, 0.3) is 0 Å². The molecule has 1 unspecified atom stereocenters. The lowest BCUT2D eigenvalue weighted by Crippen LogP contribution is -2.14. The van der Waals surface area contributed by atoms with Gasteiger partial charge in [-0.25, -0.2) is 0 Å². The third-order valence-electron chi connectivity index (χ3n) is 3.14. The van der Waals surface area contributed by atoms with Gasteiger partial charge in [0.25, 0.3) is 0 Å². The van der Waals surface area contributed by atoms with Crippen LogP contribution in [0.15, 0.2) is 30.3 Å². The van der Waals surface area contributed by atoms with Crippen LogP contribution < -0.4 is 5.32 Å². The van der Waals surface area contributed by atoms with Gasteiger partial charge in [0.1, 0.15) is 0 Å². The van der Waals surface area contributed by atoms with Crippen molar-refractivity contribution in [1.29, 1.82) is 0 Å². The molecular formula is C13H19NO. The molecule has 2 rings (SSSR count). The number of benzene rings is 1. The summed E-state index contributed by atoms with van der Waals surface area (Å²) < 4.78 is 0. The number of aliphatic hydroxyl groups is 1. The van der Waals surface area contributed by atoms with E-state index < -0.39 is 0 Å². The van der Waals surface area contributed by atoms with E-state index in [0.29, 0.717) is 12.5 Å². The number of anilines is 1. The quantitative estimate of drug-likeness (QED) is 0.748. The third kappa shape index (κ3) is 3.24. The first kappa shape index (κ1) is 10.5. The summed E-state index contributed by atoms with van der Waals surface area (Å²) in [4.78, 5) is 0. The molecule has 0 heterocycles. The molecule has 15 heavy (non-hydrogen) atoms. The Morgan fingerprint density at radius 1 is 1.27 bits per heavy atom. The van der Waals surface area contributed by atoms with Crippen LogP contribution in [-0.4, -0.2) is 18.3 Å². The Balaban J connectivity index is 1.69. The average molecular weight is 205 g/mol. The first-order valence-corrected chi connectivity index (χ1v) is 5.80. The highest BCUT2D eigenvalue weighted by Gasteiger charge is 2.29. The van der Waals surface area contributed by atoms with Gasteiger partial charge in [-0.05, 0) is 43.2 Å². The van der Waals surface area contributed by atoms with Crippen molar-refractivity contribution in [3.63, 3.8) is 0 Å². The second kappa shape index (κ2) is 5.17. The number of nitrogens with one attached hydrogen (secondary N) is 1. The fourth-order valence-corrected chi connectivity index (χ4v) is 2.00. The predicted molar refractivity (Wildman–Crippen MR) is 62.8 cm³/mol. The normalized spacial score (nSPS) is 17.4. The van der Waals surface area contributed by atoms with Crippen molar-refractivity contribution < 1.29 is 5.11 Å². The first-order valence-electron chi connectivity index (χ1n) is 5.80. The summed E-state index contributed by atoms with van der Waals surface area (Å²) in [5.41, 5.74) is 1.17. The molecule has 0 spiro atoms. The van der Waals surface area contributed by atoms with E-state index in [2.05, 4.69) is 17.4 Å². The van der Waals surface area contributed by atoms with Crippen LogP contribution in [0.1, 0.15) is 19.3 Å². The molecule has 1 atom stereocenters. The number of aliphatic hydroxyl groups excluding tert-OH is 1. The number of rotatable bonds is 6. The molecule has 0 amide bonds. The number of para-hydroxylation sites is 1. The van der Waals surface area contributed by atoms with Crippen LogP contribution in [0.4, 0.5) is 5.69 Å². The van der Waals surface area contributed by atoms with Crippen LogP contribution in [-0.2, 0) is 0 Å². The maximum absolute atomic E-state index is 9.21. The molecule has 2 heteroatoms. The van der Waals surface area contributed by atoms with Crippen molar-refractivity contribution in [3.05, 3.63) is 30.3 Å². The molecule has 82 valence electrons. The fraction of sp³-hybridized carbons (Fsp3) is 0.538. The van der Waals surface area contributed by atoms with Gasteiger partial charge < -0.3 is 10.4 Å². The average Bonchev–Trinajstić information content (AvgIpc) is 3.10. The minimum absolute atomic E-state index is 0.348. The standard InChI is InChI=1S/C13H19NO/c15-10-12(11-6-7-11)8-9-14-13-4-2-1-3-5-13/h1-5,11-12,14-15H,6-10H2. The van der Waals surface area contributed by atoms with Gasteiger partial charge in [0, 0.05) is 18.8 Å². The molecule has 2 nitrogen and oxygen atoms in total. The zero-order valence-corrected chi connectivity index (χ0v) is 9.02. The second-order valence-electron chi connectivity index (χ2n) is 4.36. The maximum atomic E-state index is 9.21. The molecule has 0 radical (unpaired) electrons. The Kier molecular flexibility index (Phi) is 3.62. The summed E-state index contributed by atoms with van der Waals surface area (Å²) in [5.74, 6) is 1.31. The van der Waals surface area contributed by atoms with Crippen LogP contribution >= 0.6 is 0 Å².